The molecule has 0 aromatic carbocycles. The number of rotatable bonds is 3. The van der Waals surface area contributed by atoms with Crippen LogP contribution in [-0.4, -0.2) is 12.7 Å². The fraction of sp³-hybridized carbons (Fsp3) is 0.900. The zero-order valence-corrected chi connectivity index (χ0v) is 7.60. The lowest BCUT2D eigenvalue weighted by Gasteiger charge is -2.27. The van der Waals surface area contributed by atoms with E-state index in [2.05, 4.69) is 20.3 Å². The first-order valence-electron chi connectivity index (χ1n) is 4.74. The SMILES string of the molecule is CCCC1[C]C(CC)OCC1. The van der Waals surface area contributed by atoms with Crippen molar-refractivity contribution in [2.75, 3.05) is 6.61 Å². The molecule has 0 aromatic heterocycles. The highest BCUT2D eigenvalue weighted by molar-refractivity contribution is 4.87. The van der Waals surface area contributed by atoms with E-state index < -0.39 is 0 Å². The number of hydrogen-bond acceptors (Lipinski definition) is 1. The van der Waals surface area contributed by atoms with Gasteiger partial charge in [-0.2, -0.15) is 0 Å². The summed E-state index contributed by atoms with van der Waals surface area (Å²) < 4.78 is 5.49. The molecule has 11 heavy (non-hydrogen) atoms. The van der Waals surface area contributed by atoms with Crippen LogP contribution in [0.4, 0.5) is 0 Å². The Bertz CT molecular complexity index is 99.0. The molecule has 2 radical (unpaired) electrons. The quantitative estimate of drug-likeness (QED) is 0.607. The van der Waals surface area contributed by atoms with Crippen LogP contribution in [0, 0.1) is 12.3 Å². The fourth-order valence-corrected chi connectivity index (χ4v) is 1.56. The first-order chi connectivity index (χ1) is 5.36. The second kappa shape index (κ2) is 4.76. The molecule has 0 aliphatic carbocycles. The molecular formula is C10H18O. The second-order valence-electron chi connectivity index (χ2n) is 3.21. The Labute approximate surface area is 70.1 Å². The normalized spacial score (nSPS) is 32.2. The van der Waals surface area contributed by atoms with Crippen LogP contribution in [0.15, 0.2) is 0 Å². The third-order valence-corrected chi connectivity index (χ3v) is 2.21. The van der Waals surface area contributed by atoms with Gasteiger partial charge in [-0.3, -0.25) is 0 Å². The van der Waals surface area contributed by atoms with Gasteiger partial charge in [-0.15, -0.1) is 0 Å². The molecule has 1 rings (SSSR count). The fourth-order valence-electron chi connectivity index (χ4n) is 1.56. The van der Waals surface area contributed by atoms with Crippen LogP contribution in [0.5, 0.6) is 0 Å². The third-order valence-electron chi connectivity index (χ3n) is 2.21. The van der Waals surface area contributed by atoms with Gasteiger partial charge in [-0.05, 0) is 25.2 Å². The minimum Gasteiger partial charge on any atom is -0.378 e. The smallest absolute Gasteiger partial charge is 0.0644 e. The lowest BCUT2D eigenvalue weighted by molar-refractivity contribution is 0.0269. The van der Waals surface area contributed by atoms with Crippen LogP contribution in [0.25, 0.3) is 0 Å². The number of hydrogen-bond donors (Lipinski definition) is 0. The molecule has 1 fully saturated rings. The maximum Gasteiger partial charge on any atom is 0.0644 e. The molecule has 0 N–H and O–H groups in total. The summed E-state index contributed by atoms with van der Waals surface area (Å²) in [5.74, 6) is 0.707. The second-order valence-corrected chi connectivity index (χ2v) is 3.21. The van der Waals surface area contributed by atoms with Gasteiger partial charge in [0, 0.05) is 13.0 Å². The molecule has 0 aromatic rings. The van der Waals surface area contributed by atoms with E-state index in [9.17, 15) is 0 Å². The summed E-state index contributed by atoms with van der Waals surface area (Å²) >= 11 is 0. The van der Waals surface area contributed by atoms with Crippen LogP contribution in [0.2, 0.25) is 0 Å². The van der Waals surface area contributed by atoms with Crippen molar-refractivity contribution in [3.05, 3.63) is 6.42 Å². The van der Waals surface area contributed by atoms with Crippen molar-refractivity contribution in [1.29, 1.82) is 0 Å². The topological polar surface area (TPSA) is 9.23 Å². The van der Waals surface area contributed by atoms with Gasteiger partial charge in [0.2, 0.25) is 0 Å². The highest BCUT2D eigenvalue weighted by atomic mass is 16.5. The first-order valence-corrected chi connectivity index (χ1v) is 4.74. The Kier molecular flexibility index (Phi) is 3.92. The standard InChI is InChI=1S/C10H18O/c1-3-5-9-6-7-11-10(4-2)8-9/h9-10H,3-7H2,1-2H3. The molecule has 64 valence electrons. The van der Waals surface area contributed by atoms with E-state index in [-0.39, 0.29) is 0 Å². The molecule has 1 saturated heterocycles. The monoisotopic (exact) mass is 154 g/mol. The molecular weight excluding hydrogens is 136 g/mol. The molecule has 1 nitrogen and oxygen atoms in total. The molecule has 2 unspecified atom stereocenters. The summed E-state index contributed by atoms with van der Waals surface area (Å²) in [4.78, 5) is 0. The molecule has 0 saturated carbocycles. The maximum absolute atomic E-state index is 5.49. The summed E-state index contributed by atoms with van der Waals surface area (Å²) in [6.07, 6.45) is 8.63. The van der Waals surface area contributed by atoms with Crippen LogP contribution in [0.1, 0.15) is 39.5 Å². The lowest BCUT2D eigenvalue weighted by atomic mass is 9.91. The van der Waals surface area contributed by atoms with Gasteiger partial charge in [0.15, 0.2) is 0 Å². The van der Waals surface area contributed by atoms with E-state index in [4.69, 9.17) is 4.74 Å². The van der Waals surface area contributed by atoms with Crippen molar-refractivity contribution in [3.63, 3.8) is 0 Å². The Hall–Kier alpha value is -0.0400. The molecule has 2 atom stereocenters. The van der Waals surface area contributed by atoms with Crippen LogP contribution >= 0.6 is 0 Å². The average molecular weight is 154 g/mol. The zero-order valence-electron chi connectivity index (χ0n) is 7.60. The Morgan fingerprint density at radius 1 is 1.45 bits per heavy atom. The van der Waals surface area contributed by atoms with Gasteiger partial charge in [0.25, 0.3) is 0 Å². The van der Waals surface area contributed by atoms with Gasteiger partial charge in [0.1, 0.15) is 0 Å². The van der Waals surface area contributed by atoms with Gasteiger partial charge in [0.05, 0.1) is 6.10 Å². The van der Waals surface area contributed by atoms with Crippen molar-refractivity contribution in [2.45, 2.75) is 45.6 Å². The zero-order chi connectivity index (χ0) is 8.10. The van der Waals surface area contributed by atoms with Crippen molar-refractivity contribution in [3.8, 4) is 0 Å². The number of ether oxygens (including phenoxy) is 1. The van der Waals surface area contributed by atoms with E-state index in [0.717, 1.165) is 13.0 Å². The highest BCUT2D eigenvalue weighted by Gasteiger charge is 2.20. The maximum atomic E-state index is 5.49. The Morgan fingerprint density at radius 2 is 2.27 bits per heavy atom. The van der Waals surface area contributed by atoms with E-state index in [0.29, 0.717) is 12.0 Å². The van der Waals surface area contributed by atoms with Gasteiger partial charge >= 0.3 is 0 Å². The molecule has 0 spiro atoms. The van der Waals surface area contributed by atoms with Gasteiger partial charge in [-0.1, -0.05) is 20.3 Å². The van der Waals surface area contributed by atoms with Crippen LogP contribution < -0.4 is 0 Å². The van der Waals surface area contributed by atoms with Crippen LogP contribution in [0.3, 0.4) is 0 Å². The summed E-state index contributed by atoms with van der Waals surface area (Å²) in [5.41, 5.74) is 0. The lowest BCUT2D eigenvalue weighted by Crippen LogP contribution is -2.25. The molecule has 1 heteroatoms. The summed E-state index contributed by atoms with van der Waals surface area (Å²) in [5, 5.41) is 0. The van der Waals surface area contributed by atoms with Crippen molar-refractivity contribution in [2.24, 2.45) is 5.92 Å². The van der Waals surface area contributed by atoms with E-state index >= 15 is 0 Å². The molecule has 1 aliphatic rings. The Balaban J connectivity index is 2.21. The van der Waals surface area contributed by atoms with Gasteiger partial charge < -0.3 is 4.74 Å². The van der Waals surface area contributed by atoms with E-state index in [1.807, 2.05) is 0 Å². The Morgan fingerprint density at radius 3 is 2.91 bits per heavy atom. The molecule has 0 bridgehead atoms. The van der Waals surface area contributed by atoms with E-state index in [1.54, 1.807) is 0 Å². The van der Waals surface area contributed by atoms with E-state index in [1.165, 1.54) is 19.3 Å². The minimum absolute atomic E-state index is 0.320. The van der Waals surface area contributed by atoms with Crippen molar-refractivity contribution >= 4 is 0 Å². The first kappa shape index (κ1) is 9.05. The van der Waals surface area contributed by atoms with Crippen molar-refractivity contribution in [1.82, 2.24) is 0 Å². The minimum atomic E-state index is 0.320. The van der Waals surface area contributed by atoms with Crippen LogP contribution in [-0.2, 0) is 4.74 Å². The highest BCUT2D eigenvalue weighted by Crippen LogP contribution is 2.24. The summed E-state index contributed by atoms with van der Waals surface area (Å²) in [6, 6.07) is 0. The molecule has 1 aliphatic heterocycles. The predicted octanol–water partition coefficient (Wildman–Crippen LogP) is 2.68. The predicted molar refractivity (Wildman–Crippen MR) is 46.3 cm³/mol. The third kappa shape index (κ3) is 2.82. The molecule has 1 heterocycles. The summed E-state index contributed by atoms with van der Waals surface area (Å²) in [7, 11) is 0. The van der Waals surface area contributed by atoms with Gasteiger partial charge in [-0.25, -0.2) is 0 Å². The molecule has 0 amide bonds. The average Bonchev–Trinajstić information content (AvgIpc) is 2.06. The van der Waals surface area contributed by atoms with Crippen molar-refractivity contribution < 1.29 is 4.74 Å². The largest absolute Gasteiger partial charge is 0.378 e. The summed E-state index contributed by atoms with van der Waals surface area (Å²) in [6.45, 7) is 5.33.